The molecule has 0 unspecified atom stereocenters. The Bertz CT molecular complexity index is 689. The Kier molecular flexibility index (Phi) is 4.12. The number of anilines is 1. The van der Waals surface area contributed by atoms with Gasteiger partial charge < -0.3 is 0 Å². The van der Waals surface area contributed by atoms with Gasteiger partial charge in [0.25, 0.3) is 10.0 Å². The summed E-state index contributed by atoms with van der Waals surface area (Å²) in [5, 5.41) is -0.0601. The molecule has 96 valence electrons. The van der Waals surface area contributed by atoms with Crippen molar-refractivity contribution in [3.63, 3.8) is 0 Å². The monoisotopic (exact) mass is 387 g/mol. The zero-order valence-corrected chi connectivity index (χ0v) is 13.1. The average Bonchev–Trinajstić information content (AvgIpc) is 2.72. The number of halogens is 3. The Balaban J connectivity index is 2.37. The summed E-state index contributed by atoms with van der Waals surface area (Å²) in [6, 6.07) is 3.10. The highest BCUT2D eigenvalue weighted by molar-refractivity contribution is 9.11. The highest BCUT2D eigenvalue weighted by Crippen LogP contribution is 2.30. The molecule has 2 aromatic rings. The number of nitrogens with zero attached hydrogens (tertiary/aromatic N) is 2. The normalized spacial score (nSPS) is 11.5. The maximum Gasteiger partial charge on any atom is 0.272 e. The zero-order valence-electron chi connectivity index (χ0n) is 8.39. The lowest BCUT2D eigenvalue weighted by Gasteiger charge is -2.06. The van der Waals surface area contributed by atoms with Crippen LogP contribution in [0.2, 0.25) is 10.2 Å². The van der Waals surface area contributed by atoms with Gasteiger partial charge in [-0.25, -0.2) is 18.4 Å². The summed E-state index contributed by atoms with van der Waals surface area (Å²) in [5.74, 6) is -0.0545. The lowest BCUT2D eigenvalue weighted by atomic mass is 10.6. The van der Waals surface area contributed by atoms with Gasteiger partial charge in [-0.3, -0.25) is 4.72 Å². The van der Waals surface area contributed by atoms with Crippen LogP contribution in [-0.4, -0.2) is 18.4 Å². The standard InChI is InChI=1S/C8H4BrCl2N3O2S2/c9-4-1-2-5(17-4)18(15,16)14-8-6(10)7(11)12-3-13-8/h1-3H,(H,12,13,14). The molecule has 0 aliphatic heterocycles. The number of aromatic nitrogens is 2. The van der Waals surface area contributed by atoms with Crippen LogP contribution in [0.1, 0.15) is 0 Å². The van der Waals surface area contributed by atoms with Gasteiger partial charge in [0.1, 0.15) is 15.6 Å². The molecule has 2 aromatic heterocycles. The highest BCUT2D eigenvalue weighted by atomic mass is 79.9. The van der Waals surface area contributed by atoms with E-state index in [1.807, 2.05) is 0 Å². The van der Waals surface area contributed by atoms with Gasteiger partial charge in [-0.1, -0.05) is 23.2 Å². The quantitative estimate of drug-likeness (QED) is 0.817. The molecule has 2 rings (SSSR count). The second kappa shape index (κ2) is 5.30. The van der Waals surface area contributed by atoms with E-state index < -0.39 is 10.0 Å². The van der Waals surface area contributed by atoms with Gasteiger partial charge in [-0.2, -0.15) is 0 Å². The van der Waals surface area contributed by atoms with Gasteiger partial charge >= 0.3 is 0 Å². The minimum atomic E-state index is -3.73. The first-order valence-electron chi connectivity index (χ1n) is 4.34. The molecule has 0 amide bonds. The first kappa shape index (κ1) is 14.0. The number of sulfonamides is 1. The fourth-order valence-corrected chi connectivity index (χ4v) is 4.40. The summed E-state index contributed by atoms with van der Waals surface area (Å²) < 4.78 is 27.1. The maximum atomic E-state index is 12.0. The van der Waals surface area contributed by atoms with Crippen molar-refractivity contribution >= 4 is 66.3 Å². The molecule has 0 aromatic carbocycles. The summed E-state index contributed by atoms with van der Waals surface area (Å²) in [4.78, 5) is 7.36. The maximum absolute atomic E-state index is 12.0. The van der Waals surface area contributed by atoms with Crippen molar-refractivity contribution in [2.24, 2.45) is 0 Å². The van der Waals surface area contributed by atoms with Crippen LogP contribution < -0.4 is 4.72 Å². The van der Waals surface area contributed by atoms with Crippen molar-refractivity contribution in [3.05, 3.63) is 32.4 Å². The summed E-state index contributed by atoms with van der Waals surface area (Å²) >= 11 is 15.7. The van der Waals surface area contributed by atoms with E-state index in [9.17, 15) is 8.42 Å². The summed E-state index contributed by atoms with van der Waals surface area (Å²) in [7, 11) is -3.73. The Morgan fingerprint density at radius 1 is 1.28 bits per heavy atom. The van der Waals surface area contributed by atoms with Gasteiger partial charge in [-0.05, 0) is 28.1 Å². The SMILES string of the molecule is O=S(=O)(Nc1ncnc(Cl)c1Cl)c1ccc(Br)s1. The highest BCUT2D eigenvalue weighted by Gasteiger charge is 2.19. The smallest absolute Gasteiger partial charge is 0.261 e. The molecule has 0 spiro atoms. The lowest BCUT2D eigenvalue weighted by molar-refractivity contribution is 0.603. The Morgan fingerprint density at radius 3 is 2.61 bits per heavy atom. The third kappa shape index (κ3) is 2.94. The molecule has 18 heavy (non-hydrogen) atoms. The number of hydrogen-bond acceptors (Lipinski definition) is 5. The second-order valence-electron chi connectivity index (χ2n) is 2.99. The largest absolute Gasteiger partial charge is 0.272 e. The first-order valence-corrected chi connectivity index (χ1v) is 8.19. The van der Waals surface area contributed by atoms with Crippen LogP contribution in [0.3, 0.4) is 0 Å². The van der Waals surface area contributed by atoms with E-state index in [1.165, 1.54) is 6.07 Å². The molecule has 0 radical (unpaired) electrons. The first-order chi connectivity index (χ1) is 8.40. The molecule has 0 aliphatic carbocycles. The van der Waals surface area contributed by atoms with E-state index in [0.29, 0.717) is 3.79 Å². The second-order valence-corrected chi connectivity index (χ2v) is 8.10. The molecule has 10 heteroatoms. The molecule has 0 atom stereocenters. The minimum absolute atomic E-state index is 0.0169. The number of nitrogens with one attached hydrogen (secondary N) is 1. The molecule has 0 aliphatic rings. The molecule has 1 N–H and O–H groups in total. The van der Waals surface area contributed by atoms with Crippen molar-refractivity contribution in [2.45, 2.75) is 4.21 Å². The van der Waals surface area contributed by atoms with Gasteiger partial charge in [0.2, 0.25) is 0 Å². The van der Waals surface area contributed by atoms with Gasteiger partial charge in [0.15, 0.2) is 11.0 Å². The Labute approximate surface area is 125 Å². The van der Waals surface area contributed by atoms with Crippen LogP contribution in [-0.2, 0) is 10.0 Å². The predicted octanol–water partition coefficient (Wildman–Crippen LogP) is 3.41. The van der Waals surface area contributed by atoms with E-state index in [0.717, 1.165) is 17.7 Å². The number of thiophene rings is 1. The van der Waals surface area contributed by atoms with E-state index in [4.69, 9.17) is 23.2 Å². The molecule has 5 nitrogen and oxygen atoms in total. The molecule has 0 fully saturated rings. The third-order valence-electron chi connectivity index (χ3n) is 1.79. The molecule has 2 heterocycles. The van der Waals surface area contributed by atoms with Crippen molar-refractivity contribution < 1.29 is 8.42 Å². The predicted molar refractivity (Wildman–Crippen MR) is 74.9 cm³/mol. The fraction of sp³-hybridized carbons (Fsp3) is 0. The molecule has 0 saturated heterocycles. The van der Waals surface area contributed by atoms with Crippen molar-refractivity contribution in [1.29, 1.82) is 0 Å². The minimum Gasteiger partial charge on any atom is -0.261 e. The van der Waals surface area contributed by atoms with Crippen LogP contribution in [0.4, 0.5) is 5.82 Å². The van der Waals surface area contributed by atoms with Gasteiger partial charge in [-0.15, -0.1) is 11.3 Å². The molecular formula is C8H4BrCl2N3O2S2. The lowest BCUT2D eigenvalue weighted by Crippen LogP contribution is -2.13. The van der Waals surface area contributed by atoms with Crippen LogP contribution in [0.15, 0.2) is 26.5 Å². The van der Waals surface area contributed by atoms with Crippen molar-refractivity contribution in [3.8, 4) is 0 Å². The topological polar surface area (TPSA) is 72.0 Å². The van der Waals surface area contributed by atoms with Gasteiger partial charge in [0, 0.05) is 0 Å². The van der Waals surface area contributed by atoms with E-state index in [2.05, 4.69) is 30.6 Å². The van der Waals surface area contributed by atoms with E-state index >= 15 is 0 Å². The summed E-state index contributed by atoms with van der Waals surface area (Å²) in [6.45, 7) is 0. The van der Waals surface area contributed by atoms with Crippen molar-refractivity contribution in [2.75, 3.05) is 4.72 Å². The molecule has 0 saturated carbocycles. The zero-order chi connectivity index (χ0) is 13.3. The Hall–Kier alpha value is -0.410. The fourth-order valence-electron chi connectivity index (χ4n) is 1.04. The molecule has 0 bridgehead atoms. The van der Waals surface area contributed by atoms with E-state index in [-0.39, 0.29) is 20.2 Å². The number of hydrogen-bond donors (Lipinski definition) is 1. The van der Waals surface area contributed by atoms with E-state index in [1.54, 1.807) is 6.07 Å². The summed E-state index contributed by atoms with van der Waals surface area (Å²) in [5.41, 5.74) is 0. The van der Waals surface area contributed by atoms with Crippen LogP contribution in [0.5, 0.6) is 0 Å². The van der Waals surface area contributed by atoms with Crippen LogP contribution in [0, 0.1) is 0 Å². The average molecular weight is 389 g/mol. The van der Waals surface area contributed by atoms with Crippen molar-refractivity contribution in [1.82, 2.24) is 9.97 Å². The van der Waals surface area contributed by atoms with Crippen LogP contribution >= 0.6 is 50.5 Å². The van der Waals surface area contributed by atoms with Gasteiger partial charge in [0.05, 0.1) is 3.79 Å². The van der Waals surface area contributed by atoms with Crippen LogP contribution in [0.25, 0.3) is 0 Å². The number of rotatable bonds is 3. The third-order valence-corrected chi connectivity index (χ3v) is 5.99. The summed E-state index contributed by atoms with van der Waals surface area (Å²) in [6.07, 6.45) is 1.12. The Morgan fingerprint density at radius 2 is 2.00 bits per heavy atom. The molecular weight excluding hydrogens is 385 g/mol.